The van der Waals surface area contributed by atoms with Gasteiger partial charge in [-0.05, 0) is 32.3 Å². The fourth-order valence-electron chi connectivity index (χ4n) is 3.15. The second kappa shape index (κ2) is 8.33. The number of hydrogen-bond donors (Lipinski definition) is 1. The number of hydrogen-bond acceptors (Lipinski definition) is 4. The molecule has 1 N–H and O–H groups in total. The molecule has 24 heavy (non-hydrogen) atoms. The largest absolute Gasteiger partial charge is 0.478 e. The lowest BCUT2D eigenvalue weighted by atomic mass is 9.97. The molecule has 6 nitrogen and oxygen atoms in total. The van der Waals surface area contributed by atoms with E-state index in [-0.39, 0.29) is 24.1 Å². The first-order chi connectivity index (χ1) is 11.4. The van der Waals surface area contributed by atoms with Gasteiger partial charge in [-0.3, -0.25) is 4.79 Å². The Hall–Kier alpha value is -1.82. The van der Waals surface area contributed by atoms with Crippen molar-refractivity contribution in [2.75, 3.05) is 7.05 Å². The maximum Gasteiger partial charge on any atom is 0.339 e. The fraction of sp³-hybridized carbons (Fsp3) is 0.667. The van der Waals surface area contributed by atoms with Crippen molar-refractivity contribution in [3.05, 3.63) is 23.2 Å². The summed E-state index contributed by atoms with van der Waals surface area (Å²) in [6.45, 7) is 3.78. The van der Waals surface area contributed by atoms with Crippen LogP contribution in [0.4, 0.5) is 0 Å². The van der Waals surface area contributed by atoms with Crippen LogP contribution in [0, 0.1) is 6.92 Å². The number of rotatable bonds is 7. The molecule has 1 unspecified atom stereocenters. The second-order valence-electron chi connectivity index (χ2n) is 6.48. The number of furan rings is 1. The van der Waals surface area contributed by atoms with Gasteiger partial charge in [0.1, 0.15) is 23.2 Å². The van der Waals surface area contributed by atoms with E-state index in [4.69, 9.17) is 14.3 Å². The Labute approximate surface area is 142 Å². The van der Waals surface area contributed by atoms with E-state index in [0.717, 1.165) is 25.7 Å². The van der Waals surface area contributed by atoms with Crippen molar-refractivity contribution in [2.45, 2.75) is 71.1 Å². The van der Waals surface area contributed by atoms with Crippen molar-refractivity contribution < 1.29 is 23.8 Å². The predicted molar refractivity (Wildman–Crippen MR) is 88.9 cm³/mol. The highest BCUT2D eigenvalue weighted by atomic mass is 16.5. The van der Waals surface area contributed by atoms with E-state index in [1.54, 1.807) is 18.9 Å². The van der Waals surface area contributed by atoms with Gasteiger partial charge < -0.3 is 19.2 Å². The minimum absolute atomic E-state index is 0.0889. The Balaban J connectivity index is 1.96. The molecule has 1 aliphatic carbocycles. The summed E-state index contributed by atoms with van der Waals surface area (Å²) < 4.78 is 11.5. The lowest BCUT2D eigenvalue weighted by molar-refractivity contribution is -0.148. The topological polar surface area (TPSA) is 80.0 Å². The third kappa shape index (κ3) is 4.60. The molecule has 1 atom stereocenters. The maximum atomic E-state index is 12.6. The zero-order valence-corrected chi connectivity index (χ0v) is 14.7. The zero-order chi connectivity index (χ0) is 17.7. The molecule has 0 bridgehead atoms. The van der Waals surface area contributed by atoms with Crippen molar-refractivity contribution >= 4 is 11.9 Å². The summed E-state index contributed by atoms with van der Waals surface area (Å²) >= 11 is 0. The van der Waals surface area contributed by atoms with E-state index < -0.39 is 12.1 Å². The summed E-state index contributed by atoms with van der Waals surface area (Å²) in [7, 11) is 1.69. The van der Waals surface area contributed by atoms with Crippen molar-refractivity contribution in [3.63, 3.8) is 0 Å². The number of carboxylic acids is 1. The van der Waals surface area contributed by atoms with E-state index in [9.17, 15) is 9.59 Å². The first-order valence-corrected chi connectivity index (χ1v) is 8.65. The fourth-order valence-corrected chi connectivity index (χ4v) is 3.15. The van der Waals surface area contributed by atoms with E-state index in [2.05, 4.69) is 0 Å². The predicted octanol–water partition coefficient (Wildman–Crippen LogP) is 3.37. The Morgan fingerprint density at radius 2 is 2.04 bits per heavy atom. The third-order valence-electron chi connectivity index (χ3n) is 4.52. The van der Waals surface area contributed by atoms with E-state index >= 15 is 0 Å². The monoisotopic (exact) mass is 337 g/mol. The van der Waals surface area contributed by atoms with Crippen molar-refractivity contribution in [3.8, 4) is 0 Å². The first kappa shape index (κ1) is 18.5. The van der Waals surface area contributed by atoms with Gasteiger partial charge in [0, 0.05) is 7.05 Å². The molecule has 134 valence electrons. The average molecular weight is 337 g/mol. The van der Waals surface area contributed by atoms with Crippen molar-refractivity contribution in [2.24, 2.45) is 0 Å². The van der Waals surface area contributed by atoms with Gasteiger partial charge in [-0.25, -0.2) is 4.79 Å². The van der Waals surface area contributed by atoms with Crippen LogP contribution in [0.3, 0.4) is 0 Å². The number of aryl methyl sites for hydroxylation is 1. The smallest absolute Gasteiger partial charge is 0.339 e. The molecular weight excluding hydrogens is 310 g/mol. The summed E-state index contributed by atoms with van der Waals surface area (Å²) in [6, 6.07) is 1.48. The summed E-state index contributed by atoms with van der Waals surface area (Å²) in [5.41, 5.74) is 0.136. The van der Waals surface area contributed by atoms with Crippen LogP contribution in [0.1, 0.15) is 67.3 Å². The molecule has 1 heterocycles. The van der Waals surface area contributed by atoms with E-state index in [0.29, 0.717) is 17.9 Å². The number of ether oxygens (including phenoxy) is 1. The molecule has 1 aliphatic rings. The second-order valence-corrected chi connectivity index (χ2v) is 6.48. The number of carbonyl (C=O) groups is 2. The standard InChI is InChI=1S/C18H27NO5/c1-4-16(24-13-8-6-5-7-9-13)17(20)19(3)11-14-10-15(18(21)22)12(2)23-14/h10,13,16H,4-9,11H2,1-3H3,(H,21,22). The Kier molecular flexibility index (Phi) is 6.43. The van der Waals surface area contributed by atoms with Crippen LogP contribution < -0.4 is 0 Å². The number of amides is 1. The Morgan fingerprint density at radius 3 is 2.58 bits per heavy atom. The quantitative estimate of drug-likeness (QED) is 0.825. The highest BCUT2D eigenvalue weighted by Gasteiger charge is 2.26. The van der Waals surface area contributed by atoms with Gasteiger partial charge in [0.25, 0.3) is 5.91 Å². The molecule has 0 saturated heterocycles. The summed E-state index contributed by atoms with van der Waals surface area (Å²) in [5, 5.41) is 9.07. The SMILES string of the molecule is CCC(OC1CCCCC1)C(=O)N(C)Cc1cc(C(=O)O)c(C)o1. The highest BCUT2D eigenvalue weighted by molar-refractivity contribution is 5.88. The highest BCUT2D eigenvalue weighted by Crippen LogP contribution is 2.23. The lowest BCUT2D eigenvalue weighted by Crippen LogP contribution is -2.39. The van der Waals surface area contributed by atoms with Crippen LogP contribution in [-0.4, -0.2) is 41.1 Å². The number of carbonyl (C=O) groups excluding carboxylic acids is 1. The molecule has 0 aromatic carbocycles. The Morgan fingerprint density at radius 1 is 1.38 bits per heavy atom. The Bertz CT molecular complexity index is 574. The van der Waals surface area contributed by atoms with Crippen molar-refractivity contribution in [1.29, 1.82) is 0 Å². The average Bonchev–Trinajstić information content (AvgIpc) is 2.93. The molecular formula is C18H27NO5. The van der Waals surface area contributed by atoms with Gasteiger partial charge in [0.2, 0.25) is 0 Å². The zero-order valence-electron chi connectivity index (χ0n) is 14.7. The van der Waals surface area contributed by atoms with Crippen LogP contribution in [0.15, 0.2) is 10.5 Å². The lowest BCUT2D eigenvalue weighted by Gasteiger charge is -2.28. The molecule has 0 spiro atoms. The molecule has 1 amide bonds. The van der Waals surface area contributed by atoms with E-state index in [1.807, 2.05) is 6.92 Å². The maximum absolute atomic E-state index is 12.6. The number of likely N-dealkylation sites (N-methyl/N-ethyl adjacent to an activating group) is 1. The van der Waals surface area contributed by atoms with Crippen LogP contribution in [0.25, 0.3) is 0 Å². The molecule has 1 fully saturated rings. The van der Waals surface area contributed by atoms with Crippen molar-refractivity contribution in [1.82, 2.24) is 4.90 Å². The molecule has 1 saturated carbocycles. The molecule has 2 rings (SSSR count). The third-order valence-corrected chi connectivity index (χ3v) is 4.52. The molecule has 0 radical (unpaired) electrons. The van der Waals surface area contributed by atoms with Gasteiger partial charge in [0.05, 0.1) is 12.6 Å². The van der Waals surface area contributed by atoms with Crippen LogP contribution >= 0.6 is 0 Å². The molecule has 0 aliphatic heterocycles. The molecule has 6 heteroatoms. The van der Waals surface area contributed by atoms with Gasteiger partial charge in [0.15, 0.2) is 0 Å². The number of carboxylic acid groups (broad SMARTS) is 1. The first-order valence-electron chi connectivity index (χ1n) is 8.65. The minimum Gasteiger partial charge on any atom is -0.478 e. The van der Waals surface area contributed by atoms with Crippen LogP contribution in [0.5, 0.6) is 0 Å². The summed E-state index contributed by atoms with van der Waals surface area (Å²) in [6.07, 6.45) is 5.95. The van der Waals surface area contributed by atoms with E-state index in [1.165, 1.54) is 12.5 Å². The van der Waals surface area contributed by atoms with Gasteiger partial charge in [-0.15, -0.1) is 0 Å². The summed E-state index contributed by atoms with van der Waals surface area (Å²) in [5.74, 6) is -0.297. The van der Waals surface area contributed by atoms with Gasteiger partial charge >= 0.3 is 5.97 Å². The van der Waals surface area contributed by atoms with Gasteiger partial charge in [-0.2, -0.15) is 0 Å². The van der Waals surface area contributed by atoms with Gasteiger partial charge in [-0.1, -0.05) is 26.2 Å². The normalized spacial score (nSPS) is 16.8. The van der Waals surface area contributed by atoms with Crippen LogP contribution in [-0.2, 0) is 16.1 Å². The number of aromatic carboxylic acids is 1. The molecule has 1 aromatic rings. The number of nitrogens with zero attached hydrogens (tertiary/aromatic N) is 1. The molecule has 1 aromatic heterocycles. The minimum atomic E-state index is -1.02. The summed E-state index contributed by atoms with van der Waals surface area (Å²) in [4.78, 5) is 25.2. The van der Waals surface area contributed by atoms with Crippen LogP contribution in [0.2, 0.25) is 0 Å².